The summed E-state index contributed by atoms with van der Waals surface area (Å²) in [4.78, 5) is 6.77. The van der Waals surface area contributed by atoms with Crippen LogP contribution in [0.5, 0.6) is 0 Å². The third kappa shape index (κ3) is 4.91. The second-order valence-corrected chi connectivity index (χ2v) is 5.42. The maximum atomic E-state index is 9.66. The second-order valence-electron chi connectivity index (χ2n) is 5.42. The monoisotopic (exact) mass is 264 g/mol. The first-order valence-electron chi connectivity index (χ1n) is 7.04. The Bertz CT molecular complexity index is 350. The summed E-state index contributed by atoms with van der Waals surface area (Å²) in [5.41, 5.74) is 1.43. The molecule has 4 nitrogen and oxygen atoms in total. The molecule has 1 heterocycles. The molecule has 0 bridgehead atoms. The lowest BCUT2D eigenvalue weighted by Crippen LogP contribution is -2.40. The molecule has 1 saturated heterocycles. The summed E-state index contributed by atoms with van der Waals surface area (Å²) in [7, 11) is 0. The van der Waals surface area contributed by atoms with Gasteiger partial charge in [-0.15, -0.1) is 0 Å². The first kappa shape index (κ1) is 14.5. The highest BCUT2D eigenvalue weighted by atomic mass is 16.6. The van der Waals surface area contributed by atoms with Crippen molar-refractivity contribution in [1.29, 1.82) is 0 Å². The van der Waals surface area contributed by atoms with Crippen LogP contribution in [0.3, 0.4) is 0 Å². The number of nitrogens with zero attached hydrogens (tertiary/aromatic N) is 1. The number of likely N-dealkylation sites (tertiary alicyclic amines) is 1. The quantitative estimate of drug-likeness (QED) is 0.758. The fourth-order valence-electron chi connectivity index (χ4n) is 2.78. The molecule has 3 N–H and O–H groups in total. The van der Waals surface area contributed by atoms with Crippen LogP contribution >= 0.6 is 0 Å². The molecule has 1 fully saturated rings. The molecule has 0 aromatic heterocycles. The third-order valence-corrected chi connectivity index (χ3v) is 3.83. The number of nitrogens with two attached hydrogens (primary N) is 1. The molecular weight excluding hydrogens is 240 g/mol. The van der Waals surface area contributed by atoms with E-state index >= 15 is 0 Å². The van der Waals surface area contributed by atoms with Crippen molar-refractivity contribution in [3.8, 4) is 0 Å². The first-order chi connectivity index (χ1) is 9.28. The van der Waals surface area contributed by atoms with E-state index in [1.165, 1.54) is 24.8 Å². The van der Waals surface area contributed by atoms with Gasteiger partial charge in [0.1, 0.15) is 0 Å². The Balaban J connectivity index is 1.70. The summed E-state index contributed by atoms with van der Waals surface area (Å²) in [6.45, 7) is 2.98. The van der Waals surface area contributed by atoms with E-state index in [1.807, 2.05) is 0 Å². The average molecular weight is 264 g/mol. The highest BCUT2D eigenvalue weighted by molar-refractivity contribution is 5.15. The van der Waals surface area contributed by atoms with Gasteiger partial charge in [0.2, 0.25) is 0 Å². The van der Waals surface area contributed by atoms with E-state index in [9.17, 15) is 5.11 Å². The predicted molar refractivity (Wildman–Crippen MR) is 75.5 cm³/mol. The van der Waals surface area contributed by atoms with Crippen molar-refractivity contribution in [2.24, 2.45) is 11.8 Å². The Morgan fingerprint density at radius 2 is 1.95 bits per heavy atom. The van der Waals surface area contributed by atoms with Gasteiger partial charge in [0.25, 0.3) is 0 Å². The molecule has 1 aliphatic heterocycles. The van der Waals surface area contributed by atoms with Crippen molar-refractivity contribution < 1.29 is 9.94 Å². The molecule has 19 heavy (non-hydrogen) atoms. The van der Waals surface area contributed by atoms with E-state index in [0.717, 1.165) is 19.0 Å². The zero-order valence-corrected chi connectivity index (χ0v) is 11.4. The first-order valence-corrected chi connectivity index (χ1v) is 7.04. The summed E-state index contributed by atoms with van der Waals surface area (Å²) in [6.07, 6.45) is 3.09. The molecular formula is C15H24N2O2. The normalized spacial score (nSPS) is 19.5. The summed E-state index contributed by atoms with van der Waals surface area (Å²) in [5.74, 6) is 5.73. The fraction of sp³-hybridized carbons (Fsp3) is 0.600. The number of benzene rings is 1. The maximum absolute atomic E-state index is 9.66. The lowest BCUT2D eigenvalue weighted by Gasteiger charge is -2.33. The molecule has 106 valence electrons. The largest absolute Gasteiger partial charge is 0.389 e. The molecule has 1 atom stereocenters. The van der Waals surface area contributed by atoms with Crippen LogP contribution < -0.4 is 5.90 Å². The second kappa shape index (κ2) is 7.60. The molecule has 1 aromatic carbocycles. The van der Waals surface area contributed by atoms with Crippen molar-refractivity contribution in [3.63, 3.8) is 0 Å². The van der Waals surface area contributed by atoms with E-state index in [1.54, 1.807) is 0 Å². The number of piperidine rings is 1. The topological polar surface area (TPSA) is 58.7 Å². The SMILES string of the molecule is NOCC(O)CN1CCC(Cc2ccccc2)CC1. The van der Waals surface area contributed by atoms with Crippen LogP contribution in [0.1, 0.15) is 18.4 Å². The number of hydrogen-bond acceptors (Lipinski definition) is 4. The molecule has 0 radical (unpaired) electrons. The molecule has 0 saturated carbocycles. The van der Waals surface area contributed by atoms with Crippen LogP contribution in [0.15, 0.2) is 30.3 Å². The van der Waals surface area contributed by atoms with E-state index in [0.29, 0.717) is 6.54 Å². The zero-order valence-electron chi connectivity index (χ0n) is 11.4. The highest BCUT2D eigenvalue weighted by Gasteiger charge is 2.21. The Morgan fingerprint density at radius 3 is 2.58 bits per heavy atom. The Hall–Kier alpha value is -0.940. The lowest BCUT2D eigenvalue weighted by atomic mass is 9.90. The van der Waals surface area contributed by atoms with Crippen molar-refractivity contribution in [3.05, 3.63) is 35.9 Å². The molecule has 0 aliphatic carbocycles. The van der Waals surface area contributed by atoms with Gasteiger partial charge in [0.05, 0.1) is 12.7 Å². The number of β-amino-alcohol motifs (C(OH)–C–C–N with tert-alkyl or cyclic N) is 1. The van der Waals surface area contributed by atoms with Gasteiger partial charge in [-0.3, -0.25) is 0 Å². The van der Waals surface area contributed by atoms with Crippen LogP contribution in [-0.4, -0.2) is 42.4 Å². The minimum absolute atomic E-state index is 0.212. The Labute approximate surface area is 115 Å². The van der Waals surface area contributed by atoms with Gasteiger partial charge in [-0.05, 0) is 43.8 Å². The smallest absolute Gasteiger partial charge is 0.0951 e. The maximum Gasteiger partial charge on any atom is 0.0951 e. The molecule has 4 heteroatoms. The molecule has 1 aromatic rings. The van der Waals surface area contributed by atoms with E-state index in [2.05, 4.69) is 40.1 Å². The Morgan fingerprint density at radius 1 is 1.26 bits per heavy atom. The van der Waals surface area contributed by atoms with Gasteiger partial charge in [-0.25, -0.2) is 5.90 Å². The minimum Gasteiger partial charge on any atom is -0.389 e. The van der Waals surface area contributed by atoms with Gasteiger partial charge in [0.15, 0.2) is 0 Å². The minimum atomic E-state index is -0.476. The highest BCUT2D eigenvalue weighted by Crippen LogP contribution is 2.21. The van der Waals surface area contributed by atoms with Gasteiger partial charge in [-0.1, -0.05) is 30.3 Å². The number of aliphatic hydroxyl groups is 1. The molecule has 1 unspecified atom stereocenters. The zero-order chi connectivity index (χ0) is 13.5. The molecule has 1 aliphatic rings. The summed E-state index contributed by atoms with van der Waals surface area (Å²) in [6, 6.07) is 10.7. The predicted octanol–water partition coefficient (Wildman–Crippen LogP) is 1.19. The Kier molecular flexibility index (Phi) is 5.79. The van der Waals surface area contributed by atoms with E-state index < -0.39 is 6.10 Å². The standard InChI is InChI=1S/C15H24N2O2/c16-19-12-15(18)11-17-8-6-14(7-9-17)10-13-4-2-1-3-5-13/h1-5,14-15,18H,6-12,16H2. The summed E-state index contributed by atoms with van der Waals surface area (Å²) >= 11 is 0. The van der Waals surface area contributed by atoms with Crippen LogP contribution in [0, 0.1) is 5.92 Å². The molecule has 0 spiro atoms. The summed E-state index contributed by atoms with van der Waals surface area (Å²) in [5, 5.41) is 9.66. The van der Waals surface area contributed by atoms with Crippen LogP contribution in [0.2, 0.25) is 0 Å². The van der Waals surface area contributed by atoms with Gasteiger partial charge in [0, 0.05) is 6.54 Å². The summed E-state index contributed by atoms with van der Waals surface area (Å²) < 4.78 is 0. The molecule has 0 amide bonds. The fourth-order valence-corrected chi connectivity index (χ4v) is 2.78. The van der Waals surface area contributed by atoms with E-state index in [-0.39, 0.29) is 6.61 Å². The van der Waals surface area contributed by atoms with Crippen molar-refractivity contribution >= 4 is 0 Å². The van der Waals surface area contributed by atoms with Crippen LogP contribution in [-0.2, 0) is 11.3 Å². The van der Waals surface area contributed by atoms with Crippen LogP contribution in [0.25, 0.3) is 0 Å². The number of rotatable bonds is 6. The van der Waals surface area contributed by atoms with Gasteiger partial charge >= 0.3 is 0 Å². The van der Waals surface area contributed by atoms with E-state index in [4.69, 9.17) is 5.90 Å². The third-order valence-electron chi connectivity index (χ3n) is 3.83. The molecule has 2 rings (SSSR count). The van der Waals surface area contributed by atoms with Crippen molar-refractivity contribution in [2.75, 3.05) is 26.2 Å². The van der Waals surface area contributed by atoms with Crippen molar-refractivity contribution in [2.45, 2.75) is 25.4 Å². The lowest BCUT2D eigenvalue weighted by molar-refractivity contribution is 0.0102. The van der Waals surface area contributed by atoms with Gasteiger partial charge in [-0.2, -0.15) is 0 Å². The van der Waals surface area contributed by atoms with Gasteiger partial charge < -0.3 is 14.8 Å². The number of aliphatic hydroxyl groups excluding tert-OH is 1. The van der Waals surface area contributed by atoms with Crippen molar-refractivity contribution in [1.82, 2.24) is 4.90 Å². The van der Waals surface area contributed by atoms with Crippen LogP contribution in [0.4, 0.5) is 0 Å². The average Bonchev–Trinajstić information content (AvgIpc) is 2.42. The number of hydrogen-bond donors (Lipinski definition) is 2.